The first-order valence-electron chi connectivity index (χ1n) is 12.1. The topological polar surface area (TPSA) is 151 Å². The van der Waals surface area contributed by atoms with Crippen molar-refractivity contribution in [3.63, 3.8) is 0 Å². The van der Waals surface area contributed by atoms with Gasteiger partial charge in [0.2, 0.25) is 17.6 Å². The first-order valence-corrected chi connectivity index (χ1v) is 12.1. The summed E-state index contributed by atoms with van der Waals surface area (Å²) in [4.78, 5) is 64.3. The number of Topliss-reactive ketones (excluding diaryl/α,β-unsaturated/α-hetero) is 1. The van der Waals surface area contributed by atoms with Crippen molar-refractivity contribution in [2.45, 2.75) is 91.7 Å². The van der Waals surface area contributed by atoms with Gasteiger partial charge in [-0.15, -0.1) is 0 Å². The molecule has 0 aromatic rings. The summed E-state index contributed by atoms with van der Waals surface area (Å²) in [5, 5.41) is 7.41. The average molecular weight is 534 g/mol. The molecule has 2 rings (SSSR count). The number of nitrogens with zero attached hydrogens (tertiary/aromatic N) is 1. The molecule has 1 aliphatic carbocycles. The van der Waals surface area contributed by atoms with Gasteiger partial charge in [-0.05, 0) is 43.4 Å². The van der Waals surface area contributed by atoms with Gasteiger partial charge in [-0.1, -0.05) is 34.6 Å². The molecule has 1 saturated heterocycles. The Morgan fingerprint density at radius 2 is 1.54 bits per heavy atom. The van der Waals surface area contributed by atoms with Gasteiger partial charge < -0.3 is 26.6 Å². The molecule has 0 bridgehead atoms. The van der Waals surface area contributed by atoms with Crippen LogP contribution in [0.4, 0.5) is 18.0 Å². The van der Waals surface area contributed by atoms with Crippen LogP contribution in [0.3, 0.4) is 0 Å². The number of nitrogens with two attached hydrogens (primary N) is 1. The summed E-state index contributed by atoms with van der Waals surface area (Å²) in [5.74, 6) is -5.24. The molecule has 37 heavy (non-hydrogen) atoms. The van der Waals surface area contributed by atoms with Crippen LogP contribution in [0.2, 0.25) is 0 Å². The van der Waals surface area contributed by atoms with E-state index in [9.17, 15) is 37.1 Å². The van der Waals surface area contributed by atoms with Crippen LogP contribution in [-0.4, -0.2) is 70.8 Å². The maximum atomic E-state index is 13.7. The molecule has 2 aliphatic rings. The molecule has 0 radical (unpaired) electrons. The largest absolute Gasteiger partial charge is 0.391 e. The van der Waals surface area contributed by atoms with Crippen LogP contribution < -0.4 is 21.7 Å². The summed E-state index contributed by atoms with van der Waals surface area (Å²) in [6.07, 6.45) is -6.64. The SMILES string of the molecule is CC(C)(C)NC(=O)N[C@H](C(=O)N1C[C@H]2[C@@H](C1C(=O)NC(CC(F)(F)F)C(=O)C(N)=O)C2(C)C)C(C)(C)C. The van der Waals surface area contributed by atoms with Gasteiger partial charge in [0.1, 0.15) is 18.1 Å². The number of nitrogens with one attached hydrogen (secondary N) is 3. The van der Waals surface area contributed by atoms with E-state index in [1.54, 1.807) is 41.5 Å². The maximum absolute atomic E-state index is 13.7. The molecule has 5 N–H and O–H groups in total. The Labute approximate surface area is 214 Å². The standard InChI is InChI=1S/C24H38F3N5O5/c1-21(2,3)16(30-20(37)31-22(4,5)6)19(36)32-10-11-13(23(11,7)8)14(32)18(35)29-12(9-24(25,26)27)15(33)17(28)34/h11-14,16H,9-10H2,1-8H3,(H2,28,34)(H,29,35)(H2,30,31,37)/t11-,12?,13-,14?,16+/m0/s1. The Kier molecular flexibility index (Phi) is 8.03. The summed E-state index contributed by atoms with van der Waals surface area (Å²) >= 11 is 0. The second-order valence-corrected chi connectivity index (χ2v) is 12.6. The van der Waals surface area contributed by atoms with Gasteiger partial charge >= 0.3 is 12.2 Å². The van der Waals surface area contributed by atoms with Crippen molar-refractivity contribution in [2.75, 3.05) is 6.54 Å². The number of rotatable bonds is 7. The fraction of sp³-hybridized carbons (Fsp3) is 0.792. The number of fused-ring (bicyclic) bond motifs is 1. The number of ketones is 1. The van der Waals surface area contributed by atoms with E-state index in [-0.39, 0.29) is 23.8 Å². The van der Waals surface area contributed by atoms with E-state index in [0.717, 1.165) is 0 Å². The highest BCUT2D eigenvalue weighted by molar-refractivity contribution is 6.37. The molecular formula is C24H38F3N5O5. The smallest absolute Gasteiger partial charge is 0.363 e. The number of carbonyl (C=O) groups is 5. The number of hydrogen-bond donors (Lipinski definition) is 4. The predicted molar refractivity (Wildman–Crippen MR) is 128 cm³/mol. The lowest BCUT2D eigenvalue weighted by molar-refractivity contribution is -0.155. The van der Waals surface area contributed by atoms with Crippen LogP contribution in [0.25, 0.3) is 0 Å². The number of alkyl halides is 3. The molecule has 210 valence electrons. The number of urea groups is 1. The quantitative estimate of drug-likeness (QED) is 0.366. The fourth-order valence-corrected chi connectivity index (χ4v) is 5.01. The van der Waals surface area contributed by atoms with E-state index in [1.165, 1.54) is 4.90 Å². The fourth-order valence-electron chi connectivity index (χ4n) is 5.01. The Morgan fingerprint density at radius 3 is 1.97 bits per heavy atom. The van der Waals surface area contributed by atoms with Gasteiger partial charge in [-0.2, -0.15) is 13.2 Å². The summed E-state index contributed by atoms with van der Waals surface area (Å²) in [6.45, 7) is 14.4. The molecule has 1 aliphatic heterocycles. The Morgan fingerprint density at radius 1 is 1.00 bits per heavy atom. The number of halogens is 3. The lowest BCUT2D eigenvalue weighted by Gasteiger charge is -2.38. The lowest BCUT2D eigenvalue weighted by atomic mass is 9.85. The predicted octanol–water partition coefficient (Wildman–Crippen LogP) is 1.47. The molecule has 13 heteroatoms. The third-order valence-corrected chi connectivity index (χ3v) is 6.95. The molecule has 5 amide bonds. The van der Waals surface area contributed by atoms with Crippen molar-refractivity contribution in [2.24, 2.45) is 28.4 Å². The van der Waals surface area contributed by atoms with Crippen LogP contribution in [0.1, 0.15) is 61.8 Å². The zero-order valence-corrected chi connectivity index (χ0v) is 22.5. The van der Waals surface area contributed by atoms with Gasteiger partial charge in [-0.3, -0.25) is 19.2 Å². The molecule has 5 atom stereocenters. The van der Waals surface area contributed by atoms with E-state index in [2.05, 4.69) is 10.6 Å². The van der Waals surface area contributed by atoms with Crippen molar-refractivity contribution in [1.82, 2.24) is 20.9 Å². The zero-order valence-electron chi connectivity index (χ0n) is 22.5. The van der Waals surface area contributed by atoms with E-state index >= 15 is 0 Å². The molecule has 0 aromatic heterocycles. The first kappa shape index (κ1) is 30.4. The van der Waals surface area contributed by atoms with Gasteiger partial charge in [0.05, 0.1) is 6.42 Å². The van der Waals surface area contributed by atoms with Crippen LogP contribution >= 0.6 is 0 Å². The van der Waals surface area contributed by atoms with E-state index in [1.807, 2.05) is 19.2 Å². The second kappa shape index (κ2) is 9.79. The van der Waals surface area contributed by atoms with Crippen LogP contribution in [-0.2, 0) is 19.2 Å². The van der Waals surface area contributed by atoms with Crippen molar-refractivity contribution >= 4 is 29.5 Å². The van der Waals surface area contributed by atoms with Crippen molar-refractivity contribution < 1.29 is 37.1 Å². The number of hydrogen-bond acceptors (Lipinski definition) is 5. The molecule has 10 nitrogen and oxygen atoms in total. The average Bonchev–Trinajstić information content (AvgIpc) is 3.03. The van der Waals surface area contributed by atoms with Gasteiger partial charge in [0.15, 0.2) is 0 Å². The highest BCUT2D eigenvalue weighted by Gasteiger charge is 2.70. The minimum absolute atomic E-state index is 0.107. The third-order valence-electron chi connectivity index (χ3n) is 6.95. The molecule has 0 spiro atoms. The molecule has 1 heterocycles. The highest BCUT2D eigenvalue weighted by Crippen LogP contribution is 2.65. The number of likely N-dealkylation sites (tertiary alicyclic amines) is 1. The van der Waals surface area contributed by atoms with E-state index in [4.69, 9.17) is 5.73 Å². The number of piperidine rings is 1. The summed E-state index contributed by atoms with van der Waals surface area (Å²) in [6, 6.07) is -5.06. The zero-order chi connectivity index (χ0) is 28.9. The monoisotopic (exact) mass is 533 g/mol. The van der Waals surface area contributed by atoms with E-state index < -0.39 is 71.2 Å². The van der Waals surface area contributed by atoms with Crippen LogP contribution in [0.5, 0.6) is 0 Å². The molecule has 2 fully saturated rings. The summed E-state index contributed by atoms with van der Waals surface area (Å²) in [7, 11) is 0. The molecule has 2 unspecified atom stereocenters. The minimum atomic E-state index is -4.86. The van der Waals surface area contributed by atoms with Crippen molar-refractivity contribution in [3.05, 3.63) is 0 Å². The normalized spacial score (nSPS) is 24.4. The van der Waals surface area contributed by atoms with Gasteiger partial charge in [-0.25, -0.2) is 4.79 Å². The highest BCUT2D eigenvalue weighted by atomic mass is 19.4. The summed E-state index contributed by atoms with van der Waals surface area (Å²) in [5.41, 5.74) is 3.16. The van der Waals surface area contributed by atoms with Crippen molar-refractivity contribution in [1.29, 1.82) is 0 Å². The molecular weight excluding hydrogens is 495 g/mol. The van der Waals surface area contributed by atoms with Crippen molar-refractivity contribution in [3.8, 4) is 0 Å². The van der Waals surface area contributed by atoms with Crippen LogP contribution in [0, 0.1) is 22.7 Å². The lowest BCUT2D eigenvalue weighted by Crippen LogP contribution is -2.62. The number of carbonyl (C=O) groups excluding carboxylic acids is 5. The first-order chi connectivity index (χ1) is 16.5. The number of primary amides is 1. The summed E-state index contributed by atoms with van der Waals surface area (Å²) < 4.78 is 39.2. The van der Waals surface area contributed by atoms with Gasteiger partial charge in [0.25, 0.3) is 5.91 Å². The number of amides is 5. The Bertz CT molecular complexity index is 967. The van der Waals surface area contributed by atoms with E-state index in [0.29, 0.717) is 0 Å². The van der Waals surface area contributed by atoms with Gasteiger partial charge in [0, 0.05) is 12.1 Å². The third kappa shape index (κ3) is 7.13. The second-order valence-electron chi connectivity index (χ2n) is 12.6. The Hall–Kier alpha value is -2.86. The Balaban J connectivity index is 2.35. The minimum Gasteiger partial charge on any atom is -0.363 e. The molecule has 0 aromatic carbocycles. The molecule has 1 saturated carbocycles. The maximum Gasteiger partial charge on any atom is 0.391 e. The van der Waals surface area contributed by atoms with Crippen LogP contribution in [0.15, 0.2) is 0 Å².